The highest BCUT2D eigenvalue weighted by Crippen LogP contribution is 2.42. The topological polar surface area (TPSA) is 87.4 Å². The van der Waals surface area contributed by atoms with E-state index < -0.39 is 11.9 Å². The number of methoxy groups -OCH3 is 1. The number of esters is 1. The lowest BCUT2D eigenvalue weighted by molar-refractivity contribution is 0.0599. The van der Waals surface area contributed by atoms with Crippen LogP contribution in [0.1, 0.15) is 39.4 Å². The molecule has 2 aromatic rings. The van der Waals surface area contributed by atoms with E-state index in [2.05, 4.69) is 10.8 Å². The molecule has 0 atom stereocenters. The molecule has 5 nitrogen and oxygen atoms in total. The molecule has 0 saturated carbocycles. The Labute approximate surface area is 147 Å². The van der Waals surface area contributed by atoms with Gasteiger partial charge in [0, 0.05) is 10.8 Å². The first kappa shape index (κ1) is 18.0. The molecule has 124 valence electrons. The van der Waals surface area contributed by atoms with Crippen molar-refractivity contribution in [3.63, 3.8) is 0 Å². The molecule has 0 amide bonds. The van der Waals surface area contributed by atoms with Crippen LogP contribution in [0.5, 0.6) is 0 Å². The predicted molar refractivity (Wildman–Crippen MR) is 93.8 cm³/mol. The van der Waals surface area contributed by atoms with Crippen LogP contribution in [0.15, 0.2) is 28.5 Å². The zero-order chi connectivity index (χ0) is 17.9. The molecule has 0 bridgehead atoms. The zero-order valence-corrected chi connectivity index (χ0v) is 15.0. The summed E-state index contributed by atoms with van der Waals surface area (Å²) < 4.78 is 5.34. The van der Waals surface area contributed by atoms with Gasteiger partial charge in [-0.15, -0.1) is 23.1 Å². The first-order valence-electron chi connectivity index (χ1n) is 7.04. The Bertz CT molecular complexity index is 816. The summed E-state index contributed by atoms with van der Waals surface area (Å²) in [6, 6.07) is 8.50. The molecule has 0 radical (unpaired) electrons. The van der Waals surface area contributed by atoms with Gasteiger partial charge in [0.25, 0.3) is 0 Å². The SMILES string of the molecule is COC(=O)c1ccc(-c2c(C(=O)O)sc(SC(C)C)c2C#N)cc1. The fourth-order valence-corrected chi connectivity index (χ4v) is 4.68. The Hall–Kier alpha value is -2.30. The fourth-order valence-electron chi connectivity index (χ4n) is 2.13. The number of ether oxygens (including phenoxy) is 1. The number of carboxylic acids is 1. The van der Waals surface area contributed by atoms with E-state index in [4.69, 9.17) is 0 Å². The Balaban J connectivity index is 2.59. The second-order valence-electron chi connectivity index (χ2n) is 5.12. The van der Waals surface area contributed by atoms with E-state index in [0.717, 1.165) is 11.3 Å². The lowest BCUT2D eigenvalue weighted by Gasteiger charge is -2.05. The van der Waals surface area contributed by atoms with Crippen LogP contribution in [0.2, 0.25) is 0 Å². The Kier molecular flexibility index (Phi) is 5.65. The molecular formula is C17H15NO4S2. The molecule has 0 aliphatic heterocycles. The number of thiophene rings is 1. The Morgan fingerprint density at radius 1 is 1.29 bits per heavy atom. The molecule has 7 heteroatoms. The standard InChI is InChI=1S/C17H15NO4S2/c1-9(2)23-17-12(8-18)13(14(24-17)15(19)20)10-4-6-11(7-5-10)16(21)22-3/h4-7,9H,1-3H3,(H,19,20). The van der Waals surface area contributed by atoms with Crippen molar-refractivity contribution < 1.29 is 19.4 Å². The van der Waals surface area contributed by atoms with Crippen LogP contribution in [-0.2, 0) is 4.74 Å². The van der Waals surface area contributed by atoms with Crippen molar-refractivity contribution in [2.24, 2.45) is 0 Å². The summed E-state index contributed by atoms with van der Waals surface area (Å²) in [5.74, 6) is -1.54. The van der Waals surface area contributed by atoms with Crippen molar-refractivity contribution in [2.75, 3.05) is 7.11 Å². The number of benzene rings is 1. The number of carbonyl (C=O) groups excluding carboxylic acids is 1. The summed E-state index contributed by atoms with van der Waals surface area (Å²) in [7, 11) is 1.29. The maximum Gasteiger partial charge on any atom is 0.346 e. The van der Waals surface area contributed by atoms with E-state index in [9.17, 15) is 20.0 Å². The normalized spacial score (nSPS) is 10.5. The van der Waals surface area contributed by atoms with Crippen molar-refractivity contribution in [3.05, 3.63) is 40.3 Å². The van der Waals surface area contributed by atoms with Crippen LogP contribution < -0.4 is 0 Å². The molecule has 0 aliphatic carbocycles. The number of thioether (sulfide) groups is 1. The molecule has 0 aliphatic rings. The number of carbonyl (C=O) groups is 2. The predicted octanol–water partition coefficient (Wildman–Crippen LogP) is 4.27. The fraction of sp³-hybridized carbons (Fsp3) is 0.235. The summed E-state index contributed by atoms with van der Waals surface area (Å²) in [4.78, 5) is 23.2. The summed E-state index contributed by atoms with van der Waals surface area (Å²) in [5, 5.41) is 19.2. The van der Waals surface area contributed by atoms with Gasteiger partial charge in [-0.1, -0.05) is 26.0 Å². The summed E-state index contributed by atoms with van der Waals surface area (Å²) in [5.41, 5.74) is 1.71. The molecule has 2 rings (SSSR count). The van der Waals surface area contributed by atoms with Crippen LogP contribution >= 0.6 is 23.1 Å². The highest BCUT2D eigenvalue weighted by Gasteiger charge is 2.24. The van der Waals surface area contributed by atoms with Crippen LogP contribution in [0.4, 0.5) is 0 Å². The molecule has 0 spiro atoms. The van der Waals surface area contributed by atoms with Gasteiger partial charge in [-0.3, -0.25) is 0 Å². The number of nitrogens with zero attached hydrogens (tertiary/aromatic N) is 1. The van der Waals surface area contributed by atoms with E-state index in [1.54, 1.807) is 24.3 Å². The third-order valence-electron chi connectivity index (χ3n) is 3.12. The zero-order valence-electron chi connectivity index (χ0n) is 13.3. The van der Waals surface area contributed by atoms with E-state index in [0.29, 0.717) is 26.5 Å². The molecule has 1 aromatic carbocycles. The van der Waals surface area contributed by atoms with Crippen molar-refractivity contribution >= 4 is 35.0 Å². The van der Waals surface area contributed by atoms with Crippen LogP contribution in [-0.4, -0.2) is 29.4 Å². The number of nitriles is 1. The average molecular weight is 361 g/mol. The maximum atomic E-state index is 11.6. The van der Waals surface area contributed by atoms with Gasteiger partial charge in [0.1, 0.15) is 10.9 Å². The van der Waals surface area contributed by atoms with Crippen molar-refractivity contribution in [2.45, 2.75) is 23.3 Å². The third kappa shape index (κ3) is 3.61. The van der Waals surface area contributed by atoms with Crippen molar-refractivity contribution in [1.82, 2.24) is 0 Å². The molecule has 0 saturated heterocycles. The largest absolute Gasteiger partial charge is 0.477 e. The molecule has 0 fully saturated rings. The number of rotatable bonds is 5. The minimum Gasteiger partial charge on any atom is -0.477 e. The van der Waals surface area contributed by atoms with Gasteiger partial charge in [-0.2, -0.15) is 5.26 Å². The smallest absolute Gasteiger partial charge is 0.346 e. The van der Waals surface area contributed by atoms with Crippen LogP contribution in [0.25, 0.3) is 11.1 Å². The van der Waals surface area contributed by atoms with Crippen molar-refractivity contribution in [1.29, 1.82) is 5.26 Å². The Morgan fingerprint density at radius 2 is 1.92 bits per heavy atom. The summed E-state index contributed by atoms with van der Waals surface area (Å²) >= 11 is 2.57. The van der Waals surface area contributed by atoms with Crippen LogP contribution in [0.3, 0.4) is 0 Å². The van der Waals surface area contributed by atoms with E-state index in [1.807, 2.05) is 13.8 Å². The highest BCUT2D eigenvalue weighted by atomic mass is 32.2. The molecule has 0 unspecified atom stereocenters. The van der Waals surface area contributed by atoms with Gasteiger partial charge in [-0.25, -0.2) is 9.59 Å². The number of aromatic carboxylic acids is 1. The number of hydrogen-bond donors (Lipinski definition) is 1. The molecule has 24 heavy (non-hydrogen) atoms. The van der Waals surface area contributed by atoms with E-state index >= 15 is 0 Å². The monoisotopic (exact) mass is 361 g/mol. The molecule has 1 N–H and O–H groups in total. The number of hydrogen-bond acceptors (Lipinski definition) is 6. The van der Waals surface area contributed by atoms with Crippen molar-refractivity contribution in [3.8, 4) is 17.2 Å². The van der Waals surface area contributed by atoms with Gasteiger partial charge in [-0.05, 0) is 17.7 Å². The minimum atomic E-state index is -1.07. The summed E-state index contributed by atoms with van der Waals surface area (Å²) in [6.45, 7) is 3.97. The van der Waals surface area contributed by atoms with Gasteiger partial charge in [0.2, 0.25) is 0 Å². The first-order chi connectivity index (χ1) is 11.4. The average Bonchev–Trinajstić information content (AvgIpc) is 2.92. The third-order valence-corrected chi connectivity index (χ3v) is 5.52. The lowest BCUT2D eigenvalue weighted by atomic mass is 10.0. The quantitative estimate of drug-likeness (QED) is 0.632. The lowest BCUT2D eigenvalue weighted by Crippen LogP contribution is -2.01. The minimum absolute atomic E-state index is 0.125. The van der Waals surface area contributed by atoms with Crippen LogP contribution in [0, 0.1) is 11.3 Å². The van der Waals surface area contributed by atoms with E-state index in [1.165, 1.54) is 18.9 Å². The van der Waals surface area contributed by atoms with Gasteiger partial charge < -0.3 is 9.84 Å². The molecule has 1 aromatic heterocycles. The second kappa shape index (κ2) is 7.51. The molecular weight excluding hydrogens is 346 g/mol. The highest BCUT2D eigenvalue weighted by molar-refractivity contribution is 8.01. The van der Waals surface area contributed by atoms with Gasteiger partial charge in [0.15, 0.2) is 0 Å². The summed E-state index contributed by atoms with van der Waals surface area (Å²) in [6.07, 6.45) is 0. The number of carboxylic acid groups (broad SMARTS) is 1. The maximum absolute atomic E-state index is 11.6. The van der Waals surface area contributed by atoms with E-state index in [-0.39, 0.29) is 10.1 Å². The van der Waals surface area contributed by atoms with Gasteiger partial charge in [0.05, 0.1) is 22.4 Å². The van der Waals surface area contributed by atoms with Gasteiger partial charge >= 0.3 is 11.9 Å². The Morgan fingerprint density at radius 3 is 2.38 bits per heavy atom. The second-order valence-corrected chi connectivity index (χ2v) is 7.99. The first-order valence-corrected chi connectivity index (χ1v) is 8.74. The molecule has 1 heterocycles.